The van der Waals surface area contributed by atoms with Gasteiger partial charge in [0.25, 0.3) is 0 Å². The molecule has 0 radical (unpaired) electrons. The Balaban J connectivity index is 1.63. The second-order valence-corrected chi connectivity index (χ2v) is 6.32. The van der Waals surface area contributed by atoms with Crippen molar-refractivity contribution in [1.82, 2.24) is 4.90 Å². The maximum Gasteiger partial charge on any atom is 0.339 e. The SMILES string of the molecule is Cc1oc(CN(C)C(=O)C2[C@@H]3CCCC[C@@H]23)cc1C(=O)O. The van der Waals surface area contributed by atoms with Crippen LogP contribution < -0.4 is 0 Å². The number of rotatable bonds is 4. The van der Waals surface area contributed by atoms with Crippen molar-refractivity contribution in [2.24, 2.45) is 17.8 Å². The van der Waals surface area contributed by atoms with Crippen LogP contribution in [0.3, 0.4) is 0 Å². The topological polar surface area (TPSA) is 70.8 Å². The first-order chi connectivity index (χ1) is 9.99. The van der Waals surface area contributed by atoms with E-state index in [4.69, 9.17) is 9.52 Å². The minimum absolute atomic E-state index is 0.172. The fraction of sp³-hybridized carbons (Fsp3) is 0.625. The Morgan fingerprint density at radius 2 is 1.95 bits per heavy atom. The minimum Gasteiger partial charge on any atom is -0.478 e. The first-order valence-corrected chi connectivity index (χ1v) is 7.56. The lowest BCUT2D eigenvalue weighted by molar-refractivity contribution is -0.132. The maximum atomic E-state index is 12.5. The van der Waals surface area contributed by atoms with Gasteiger partial charge in [-0.2, -0.15) is 0 Å². The van der Waals surface area contributed by atoms with E-state index < -0.39 is 5.97 Å². The van der Waals surface area contributed by atoms with Crippen molar-refractivity contribution in [3.8, 4) is 0 Å². The molecule has 21 heavy (non-hydrogen) atoms. The summed E-state index contributed by atoms with van der Waals surface area (Å²) < 4.78 is 5.44. The van der Waals surface area contributed by atoms with Crippen LogP contribution in [0.1, 0.15) is 47.6 Å². The maximum absolute atomic E-state index is 12.5. The summed E-state index contributed by atoms with van der Waals surface area (Å²) >= 11 is 0. The van der Waals surface area contributed by atoms with Gasteiger partial charge in [0.2, 0.25) is 5.91 Å². The molecule has 3 rings (SSSR count). The van der Waals surface area contributed by atoms with Gasteiger partial charge >= 0.3 is 5.97 Å². The lowest BCUT2D eigenvalue weighted by atomic mass is 10.0. The minimum atomic E-state index is -0.996. The van der Waals surface area contributed by atoms with Crippen LogP contribution in [0.25, 0.3) is 0 Å². The van der Waals surface area contributed by atoms with Gasteiger partial charge < -0.3 is 14.4 Å². The lowest BCUT2D eigenvalue weighted by Crippen LogP contribution is -2.28. The zero-order chi connectivity index (χ0) is 15.1. The second kappa shape index (κ2) is 5.20. The average Bonchev–Trinajstić information content (AvgIpc) is 3.06. The summed E-state index contributed by atoms with van der Waals surface area (Å²) in [5.41, 5.74) is 0.172. The summed E-state index contributed by atoms with van der Waals surface area (Å²) in [6.45, 7) is 1.97. The van der Waals surface area contributed by atoms with Gasteiger partial charge in [0.1, 0.15) is 17.1 Å². The van der Waals surface area contributed by atoms with Gasteiger partial charge in [-0.1, -0.05) is 12.8 Å². The fourth-order valence-corrected chi connectivity index (χ4v) is 3.76. The zero-order valence-electron chi connectivity index (χ0n) is 12.5. The molecule has 2 saturated carbocycles. The Morgan fingerprint density at radius 3 is 2.48 bits per heavy atom. The molecule has 0 saturated heterocycles. The molecule has 0 aliphatic heterocycles. The summed E-state index contributed by atoms with van der Waals surface area (Å²) in [5.74, 6) is 1.46. The van der Waals surface area contributed by atoms with Crippen LogP contribution in [0, 0.1) is 24.7 Å². The van der Waals surface area contributed by atoms with Crippen molar-refractivity contribution in [2.45, 2.75) is 39.2 Å². The van der Waals surface area contributed by atoms with Gasteiger partial charge in [0.15, 0.2) is 0 Å². The van der Waals surface area contributed by atoms with E-state index in [0.29, 0.717) is 29.9 Å². The molecule has 0 spiro atoms. The van der Waals surface area contributed by atoms with Crippen LogP contribution in [0.15, 0.2) is 10.5 Å². The molecule has 1 aromatic rings. The summed E-state index contributed by atoms with van der Waals surface area (Å²) in [4.78, 5) is 25.1. The predicted octanol–water partition coefficient (Wildman–Crippen LogP) is 2.68. The molecule has 2 atom stereocenters. The van der Waals surface area contributed by atoms with E-state index in [1.807, 2.05) is 0 Å². The third-order valence-corrected chi connectivity index (χ3v) is 4.91. The Morgan fingerprint density at radius 1 is 1.33 bits per heavy atom. The first-order valence-electron chi connectivity index (χ1n) is 7.56. The highest BCUT2D eigenvalue weighted by Crippen LogP contribution is 2.56. The molecule has 1 heterocycles. The highest BCUT2D eigenvalue weighted by molar-refractivity contribution is 5.88. The van der Waals surface area contributed by atoms with Crippen LogP contribution in [0.2, 0.25) is 0 Å². The number of aryl methyl sites for hydroxylation is 1. The van der Waals surface area contributed by atoms with E-state index in [1.54, 1.807) is 18.9 Å². The molecule has 2 aliphatic carbocycles. The largest absolute Gasteiger partial charge is 0.478 e. The number of amides is 1. The number of hydrogen-bond acceptors (Lipinski definition) is 3. The van der Waals surface area contributed by atoms with Crippen molar-refractivity contribution < 1.29 is 19.1 Å². The number of nitrogens with zero attached hydrogens (tertiary/aromatic N) is 1. The molecule has 1 aromatic heterocycles. The smallest absolute Gasteiger partial charge is 0.339 e. The number of hydrogen-bond donors (Lipinski definition) is 1. The van der Waals surface area contributed by atoms with E-state index in [-0.39, 0.29) is 17.4 Å². The molecule has 114 valence electrons. The van der Waals surface area contributed by atoms with Crippen LogP contribution in [-0.2, 0) is 11.3 Å². The first kappa shape index (κ1) is 14.2. The molecule has 1 N–H and O–H groups in total. The third kappa shape index (κ3) is 2.57. The van der Waals surface area contributed by atoms with Crippen molar-refractivity contribution in [3.63, 3.8) is 0 Å². The second-order valence-electron chi connectivity index (χ2n) is 6.32. The van der Waals surface area contributed by atoms with Crippen LogP contribution in [0.4, 0.5) is 0 Å². The predicted molar refractivity (Wildman–Crippen MR) is 75.8 cm³/mol. The van der Waals surface area contributed by atoms with E-state index in [0.717, 1.165) is 0 Å². The van der Waals surface area contributed by atoms with Crippen LogP contribution in [-0.4, -0.2) is 28.9 Å². The van der Waals surface area contributed by atoms with Gasteiger partial charge in [-0.15, -0.1) is 0 Å². The van der Waals surface area contributed by atoms with E-state index in [2.05, 4.69) is 0 Å². The summed E-state index contributed by atoms with van der Waals surface area (Å²) in [7, 11) is 1.77. The van der Waals surface area contributed by atoms with Crippen molar-refractivity contribution in [2.75, 3.05) is 7.05 Å². The van der Waals surface area contributed by atoms with E-state index >= 15 is 0 Å². The van der Waals surface area contributed by atoms with Gasteiger partial charge in [-0.25, -0.2) is 4.79 Å². The number of carbonyl (C=O) groups is 2. The Kier molecular flexibility index (Phi) is 3.51. The van der Waals surface area contributed by atoms with Gasteiger partial charge in [-0.05, 0) is 37.7 Å². The molecule has 0 aromatic carbocycles. The Bertz CT molecular complexity index is 565. The van der Waals surface area contributed by atoms with E-state index in [1.165, 1.54) is 31.7 Å². The highest BCUT2D eigenvalue weighted by atomic mass is 16.4. The number of carboxylic acid groups (broad SMARTS) is 1. The molecular weight excluding hydrogens is 270 g/mol. The molecule has 5 nitrogen and oxygen atoms in total. The Labute approximate surface area is 123 Å². The van der Waals surface area contributed by atoms with Gasteiger partial charge in [0.05, 0.1) is 6.54 Å². The number of furan rings is 1. The molecule has 5 heteroatoms. The molecule has 2 aliphatic rings. The monoisotopic (exact) mass is 291 g/mol. The standard InChI is InChI=1S/C16H21NO4/c1-9-13(16(19)20)7-10(21-9)8-17(2)15(18)14-11-5-3-4-6-12(11)14/h7,11-12,14H,3-6,8H2,1-2H3,(H,19,20)/t11-,12-/m1/s1. The summed E-state index contributed by atoms with van der Waals surface area (Å²) in [5, 5.41) is 9.02. The quantitative estimate of drug-likeness (QED) is 0.926. The number of carbonyl (C=O) groups excluding carboxylic acids is 1. The molecule has 0 bridgehead atoms. The van der Waals surface area contributed by atoms with Crippen LogP contribution in [0.5, 0.6) is 0 Å². The van der Waals surface area contributed by atoms with Crippen LogP contribution >= 0.6 is 0 Å². The summed E-state index contributed by atoms with van der Waals surface area (Å²) in [6, 6.07) is 1.52. The van der Waals surface area contributed by atoms with Crippen molar-refractivity contribution in [3.05, 3.63) is 23.2 Å². The highest BCUT2D eigenvalue weighted by Gasteiger charge is 2.55. The zero-order valence-corrected chi connectivity index (χ0v) is 12.5. The molecular formula is C16H21NO4. The Hall–Kier alpha value is -1.78. The van der Waals surface area contributed by atoms with E-state index in [9.17, 15) is 9.59 Å². The van der Waals surface area contributed by atoms with Crippen molar-refractivity contribution >= 4 is 11.9 Å². The normalized spacial score (nSPS) is 27.0. The summed E-state index contributed by atoms with van der Waals surface area (Å²) in [6.07, 6.45) is 4.85. The molecule has 1 amide bonds. The van der Waals surface area contributed by atoms with Gasteiger partial charge in [-0.3, -0.25) is 4.79 Å². The third-order valence-electron chi connectivity index (χ3n) is 4.91. The van der Waals surface area contributed by atoms with Crippen molar-refractivity contribution in [1.29, 1.82) is 0 Å². The molecule has 2 fully saturated rings. The number of carboxylic acids is 1. The lowest BCUT2D eigenvalue weighted by Gasteiger charge is -2.15. The number of aromatic carboxylic acids is 1. The van der Waals surface area contributed by atoms with Gasteiger partial charge in [0, 0.05) is 13.0 Å². The molecule has 0 unspecified atom stereocenters. The average molecular weight is 291 g/mol. The number of fused-ring (bicyclic) bond motifs is 1. The fourth-order valence-electron chi connectivity index (χ4n) is 3.76.